The van der Waals surface area contributed by atoms with Crippen molar-refractivity contribution in [1.29, 1.82) is 0 Å². The van der Waals surface area contributed by atoms with E-state index in [-0.39, 0.29) is 0 Å². The Bertz CT molecular complexity index is 1810. The van der Waals surface area contributed by atoms with E-state index in [0.29, 0.717) is 0 Å². The minimum absolute atomic E-state index is 0.920. The quantitative estimate of drug-likeness (QED) is 0.289. The Hall–Kier alpha value is -4.50. The molecule has 3 heterocycles. The van der Waals surface area contributed by atoms with Gasteiger partial charge in [0.25, 0.3) is 0 Å². The molecule has 154 valence electrons. The van der Waals surface area contributed by atoms with Crippen molar-refractivity contribution in [3.8, 4) is 17.1 Å². The molecule has 0 saturated heterocycles. The van der Waals surface area contributed by atoms with E-state index in [9.17, 15) is 0 Å². The van der Waals surface area contributed by atoms with Crippen LogP contribution in [0.4, 0.5) is 0 Å². The van der Waals surface area contributed by atoms with Crippen LogP contribution in [0, 0.1) is 0 Å². The first-order chi connectivity index (χ1) is 16.4. The Morgan fingerprint density at radius 3 is 2.12 bits per heavy atom. The van der Waals surface area contributed by atoms with E-state index in [1.165, 1.54) is 26.9 Å². The fourth-order valence-corrected chi connectivity index (χ4v) is 5.02. The molecule has 4 aromatic carbocycles. The number of benzene rings is 4. The van der Waals surface area contributed by atoms with Gasteiger partial charge < -0.3 is 0 Å². The van der Waals surface area contributed by atoms with Crippen LogP contribution in [0.2, 0.25) is 0 Å². The average molecular weight is 422 g/mol. The van der Waals surface area contributed by atoms with Gasteiger partial charge in [0, 0.05) is 34.1 Å². The molecule has 0 aliphatic carbocycles. The molecular formula is C30H19N3. The summed E-state index contributed by atoms with van der Waals surface area (Å²) in [6, 6.07) is 36.2. The van der Waals surface area contributed by atoms with Crippen molar-refractivity contribution in [2.24, 2.45) is 0 Å². The molecule has 0 N–H and O–H groups in total. The van der Waals surface area contributed by atoms with Crippen molar-refractivity contribution in [3.63, 3.8) is 0 Å². The zero-order valence-corrected chi connectivity index (χ0v) is 17.8. The minimum Gasteiger partial charge on any atom is -0.294 e. The molecule has 0 fully saturated rings. The monoisotopic (exact) mass is 421 g/mol. The minimum atomic E-state index is 0.920. The van der Waals surface area contributed by atoms with Crippen molar-refractivity contribution in [2.75, 3.05) is 0 Å². The van der Waals surface area contributed by atoms with Crippen LogP contribution in [0.25, 0.3) is 60.4 Å². The summed E-state index contributed by atoms with van der Waals surface area (Å²) in [5.74, 6) is 0.920. The van der Waals surface area contributed by atoms with E-state index in [1.54, 1.807) is 0 Å². The lowest BCUT2D eigenvalue weighted by Gasteiger charge is -2.08. The smallest absolute Gasteiger partial charge is 0.137 e. The highest BCUT2D eigenvalue weighted by Gasteiger charge is 2.17. The Kier molecular flexibility index (Phi) is 3.84. The van der Waals surface area contributed by atoms with Crippen LogP contribution in [0.1, 0.15) is 0 Å². The largest absolute Gasteiger partial charge is 0.294 e. The van der Waals surface area contributed by atoms with Gasteiger partial charge in [-0.2, -0.15) is 0 Å². The van der Waals surface area contributed by atoms with Gasteiger partial charge >= 0.3 is 0 Å². The molecular weight excluding hydrogens is 402 g/mol. The van der Waals surface area contributed by atoms with Crippen molar-refractivity contribution >= 4 is 43.4 Å². The molecule has 0 bridgehead atoms. The third-order valence-electron chi connectivity index (χ3n) is 6.48. The van der Waals surface area contributed by atoms with Crippen molar-refractivity contribution in [3.05, 3.63) is 116 Å². The molecule has 7 aromatic rings. The van der Waals surface area contributed by atoms with Crippen molar-refractivity contribution in [2.45, 2.75) is 0 Å². The van der Waals surface area contributed by atoms with E-state index in [4.69, 9.17) is 4.98 Å². The first-order valence-electron chi connectivity index (χ1n) is 11.1. The zero-order valence-electron chi connectivity index (χ0n) is 17.8. The van der Waals surface area contributed by atoms with Gasteiger partial charge in [0.05, 0.1) is 16.7 Å². The topological polar surface area (TPSA) is 30.7 Å². The van der Waals surface area contributed by atoms with E-state index in [0.717, 1.165) is 33.5 Å². The molecule has 0 atom stereocenters. The van der Waals surface area contributed by atoms with Crippen LogP contribution < -0.4 is 0 Å². The maximum Gasteiger partial charge on any atom is 0.137 e. The highest BCUT2D eigenvalue weighted by atomic mass is 15.1. The molecule has 3 aromatic heterocycles. The summed E-state index contributed by atoms with van der Waals surface area (Å²) in [6.07, 6.45) is 3.75. The summed E-state index contributed by atoms with van der Waals surface area (Å²) >= 11 is 0. The lowest BCUT2D eigenvalue weighted by atomic mass is 10.00. The first kappa shape index (κ1) is 18.1. The second-order valence-corrected chi connectivity index (χ2v) is 8.32. The second kappa shape index (κ2) is 7.01. The zero-order chi connectivity index (χ0) is 21.8. The number of hydrogen-bond donors (Lipinski definition) is 0. The molecule has 3 nitrogen and oxygen atoms in total. The number of nitrogens with zero attached hydrogens (tertiary/aromatic N) is 3. The van der Waals surface area contributed by atoms with E-state index in [2.05, 4.69) is 101 Å². The molecule has 3 heteroatoms. The van der Waals surface area contributed by atoms with E-state index in [1.807, 2.05) is 24.5 Å². The third-order valence-corrected chi connectivity index (χ3v) is 6.48. The van der Waals surface area contributed by atoms with Gasteiger partial charge in [0.2, 0.25) is 0 Å². The Balaban J connectivity index is 1.63. The number of aromatic nitrogens is 3. The molecule has 0 spiro atoms. The lowest BCUT2D eigenvalue weighted by molar-refractivity contribution is 1.08. The Morgan fingerprint density at radius 1 is 0.515 bits per heavy atom. The number of rotatable bonds is 2. The highest BCUT2D eigenvalue weighted by molar-refractivity contribution is 6.22. The predicted molar refractivity (Wildman–Crippen MR) is 137 cm³/mol. The number of hydrogen-bond acceptors (Lipinski definition) is 2. The van der Waals surface area contributed by atoms with Crippen molar-refractivity contribution < 1.29 is 0 Å². The van der Waals surface area contributed by atoms with Gasteiger partial charge in [-0.1, -0.05) is 66.7 Å². The summed E-state index contributed by atoms with van der Waals surface area (Å²) in [6.45, 7) is 0. The molecule has 0 aliphatic heterocycles. The fraction of sp³-hybridized carbons (Fsp3) is 0. The summed E-state index contributed by atoms with van der Waals surface area (Å²) in [7, 11) is 0. The van der Waals surface area contributed by atoms with Gasteiger partial charge in [-0.15, -0.1) is 0 Å². The third kappa shape index (κ3) is 2.69. The summed E-state index contributed by atoms with van der Waals surface area (Å²) < 4.78 is 2.26. The predicted octanol–water partition coefficient (Wildman–Crippen LogP) is 7.55. The molecule has 0 unspecified atom stereocenters. The summed E-state index contributed by atoms with van der Waals surface area (Å²) in [4.78, 5) is 9.45. The molecule has 7 rings (SSSR count). The maximum absolute atomic E-state index is 4.77. The summed E-state index contributed by atoms with van der Waals surface area (Å²) in [5.41, 5.74) is 4.43. The number of pyridine rings is 2. The molecule has 0 amide bonds. The van der Waals surface area contributed by atoms with Crippen LogP contribution in [-0.2, 0) is 0 Å². The van der Waals surface area contributed by atoms with Gasteiger partial charge in [0.15, 0.2) is 0 Å². The molecule has 0 saturated carbocycles. The maximum atomic E-state index is 4.77. The molecule has 33 heavy (non-hydrogen) atoms. The normalized spacial score (nSPS) is 11.6. The van der Waals surface area contributed by atoms with Crippen LogP contribution in [0.5, 0.6) is 0 Å². The number of fused-ring (bicyclic) bond motifs is 6. The molecule has 0 radical (unpaired) electrons. The first-order valence-corrected chi connectivity index (χ1v) is 11.1. The van der Waals surface area contributed by atoms with E-state index < -0.39 is 0 Å². The van der Waals surface area contributed by atoms with Crippen LogP contribution >= 0.6 is 0 Å². The highest BCUT2D eigenvalue weighted by Crippen LogP contribution is 2.38. The SMILES string of the molecule is c1ccc(-n2c3ccc(-c4nccc5ccccc45)cc3c3c4ccccc4ccc32)nc1. The van der Waals surface area contributed by atoms with Crippen LogP contribution in [0.15, 0.2) is 116 Å². The van der Waals surface area contributed by atoms with Gasteiger partial charge in [0.1, 0.15) is 5.82 Å². The van der Waals surface area contributed by atoms with Gasteiger partial charge in [-0.25, -0.2) is 4.98 Å². The second-order valence-electron chi connectivity index (χ2n) is 8.32. The molecule has 0 aliphatic rings. The average Bonchev–Trinajstić information content (AvgIpc) is 3.23. The van der Waals surface area contributed by atoms with Gasteiger partial charge in [-0.05, 0) is 52.6 Å². The van der Waals surface area contributed by atoms with Crippen LogP contribution in [0.3, 0.4) is 0 Å². The summed E-state index contributed by atoms with van der Waals surface area (Å²) in [5, 5.41) is 7.30. The van der Waals surface area contributed by atoms with Crippen LogP contribution in [-0.4, -0.2) is 14.5 Å². The fourth-order valence-electron chi connectivity index (χ4n) is 5.02. The Labute approximate surface area is 190 Å². The van der Waals surface area contributed by atoms with Gasteiger partial charge in [-0.3, -0.25) is 9.55 Å². The van der Waals surface area contributed by atoms with Crippen molar-refractivity contribution in [1.82, 2.24) is 14.5 Å². The van der Waals surface area contributed by atoms with E-state index >= 15 is 0 Å². The lowest BCUT2D eigenvalue weighted by Crippen LogP contribution is -1.96. The standard InChI is InChI=1S/C30H19N3/c1-3-9-23-20(7-1)12-15-27-29(23)25-19-22(30-24-10-4-2-8-21(24)16-18-32-30)13-14-26(25)33(27)28-11-5-6-17-31-28/h1-19H. The Morgan fingerprint density at radius 2 is 1.27 bits per heavy atom.